The molecule has 0 saturated heterocycles. The highest BCUT2D eigenvalue weighted by Crippen LogP contribution is 2.25. The molecule has 0 amide bonds. The van der Waals surface area contributed by atoms with Crippen molar-refractivity contribution in [3.05, 3.63) is 0 Å². The van der Waals surface area contributed by atoms with Crippen LogP contribution in [-0.4, -0.2) is 33.3 Å². The summed E-state index contributed by atoms with van der Waals surface area (Å²) in [5.74, 6) is 1.07. The SMILES string of the molecule is CCNS(=O)(=O)CCNC1CCCC(CC)CC1. The van der Waals surface area contributed by atoms with E-state index in [-0.39, 0.29) is 5.75 Å². The Morgan fingerprint density at radius 2 is 1.89 bits per heavy atom. The van der Waals surface area contributed by atoms with E-state index in [9.17, 15) is 8.42 Å². The third-order valence-corrected chi connectivity index (χ3v) is 5.30. The van der Waals surface area contributed by atoms with Crippen molar-refractivity contribution in [2.24, 2.45) is 5.92 Å². The van der Waals surface area contributed by atoms with Crippen LogP contribution in [0.2, 0.25) is 0 Å². The molecule has 18 heavy (non-hydrogen) atoms. The zero-order valence-electron chi connectivity index (χ0n) is 11.7. The number of sulfonamides is 1. The molecule has 2 unspecified atom stereocenters. The Labute approximate surface area is 112 Å². The van der Waals surface area contributed by atoms with Gasteiger partial charge in [-0.05, 0) is 25.2 Å². The van der Waals surface area contributed by atoms with E-state index in [4.69, 9.17) is 0 Å². The molecule has 1 aliphatic rings. The van der Waals surface area contributed by atoms with Crippen LogP contribution in [0.4, 0.5) is 0 Å². The lowest BCUT2D eigenvalue weighted by Gasteiger charge is -2.16. The molecule has 5 heteroatoms. The summed E-state index contributed by atoms with van der Waals surface area (Å²) < 4.78 is 25.5. The minimum absolute atomic E-state index is 0.189. The second kappa shape index (κ2) is 8.12. The number of rotatable bonds is 7. The number of hydrogen-bond donors (Lipinski definition) is 2. The first-order valence-electron chi connectivity index (χ1n) is 7.28. The average molecular weight is 276 g/mol. The van der Waals surface area contributed by atoms with E-state index in [1.807, 2.05) is 0 Å². The molecule has 0 heterocycles. The van der Waals surface area contributed by atoms with Crippen LogP contribution < -0.4 is 10.0 Å². The zero-order chi connectivity index (χ0) is 13.4. The standard InChI is InChI=1S/C13H28N2O2S/c1-3-12-6-5-7-13(9-8-12)14-10-11-18(16,17)15-4-2/h12-15H,3-11H2,1-2H3. The van der Waals surface area contributed by atoms with Crippen LogP contribution in [0.15, 0.2) is 0 Å². The van der Waals surface area contributed by atoms with Gasteiger partial charge in [0.05, 0.1) is 5.75 Å². The maximum atomic E-state index is 11.5. The molecule has 1 saturated carbocycles. The molecule has 0 aliphatic heterocycles. The van der Waals surface area contributed by atoms with E-state index in [2.05, 4.69) is 17.0 Å². The lowest BCUT2D eigenvalue weighted by molar-refractivity contribution is 0.429. The molecule has 2 atom stereocenters. The minimum atomic E-state index is -3.07. The predicted octanol–water partition coefficient (Wildman–Crippen LogP) is 1.87. The summed E-state index contributed by atoms with van der Waals surface area (Å²) in [5.41, 5.74) is 0. The van der Waals surface area contributed by atoms with Crippen LogP contribution in [0, 0.1) is 5.92 Å². The first-order chi connectivity index (χ1) is 8.57. The molecule has 2 N–H and O–H groups in total. The molecular weight excluding hydrogens is 248 g/mol. The Morgan fingerprint density at radius 3 is 2.56 bits per heavy atom. The molecule has 0 aromatic rings. The fraction of sp³-hybridized carbons (Fsp3) is 1.00. The van der Waals surface area contributed by atoms with Crippen molar-refractivity contribution >= 4 is 10.0 Å². The second-order valence-electron chi connectivity index (χ2n) is 5.25. The van der Waals surface area contributed by atoms with Crippen LogP contribution >= 0.6 is 0 Å². The smallest absolute Gasteiger partial charge is 0.212 e. The summed E-state index contributed by atoms with van der Waals surface area (Å²) in [6.07, 6.45) is 7.56. The minimum Gasteiger partial charge on any atom is -0.313 e. The lowest BCUT2D eigenvalue weighted by atomic mass is 9.98. The van der Waals surface area contributed by atoms with Gasteiger partial charge < -0.3 is 5.32 Å². The highest BCUT2D eigenvalue weighted by Gasteiger charge is 2.18. The zero-order valence-corrected chi connectivity index (χ0v) is 12.6. The Hall–Kier alpha value is -0.130. The van der Waals surface area contributed by atoms with Crippen molar-refractivity contribution in [2.45, 2.75) is 58.4 Å². The largest absolute Gasteiger partial charge is 0.313 e. The van der Waals surface area contributed by atoms with Gasteiger partial charge in [-0.25, -0.2) is 13.1 Å². The van der Waals surface area contributed by atoms with Gasteiger partial charge in [-0.15, -0.1) is 0 Å². The van der Waals surface area contributed by atoms with Gasteiger partial charge >= 0.3 is 0 Å². The van der Waals surface area contributed by atoms with Crippen LogP contribution in [0.25, 0.3) is 0 Å². The van der Waals surface area contributed by atoms with Crippen molar-refractivity contribution in [1.29, 1.82) is 0 Å². The van der Waals surface area contributed by atoms with Gasteiger partial charge in [-0.1, -0.05) is 33.1 Å². The molecule has 1 rings (SSSR count). The first kappa shape index (κ1) is 15.9. The number of nitrogens with one attached hydrogen (secondary N) is 2. The Bertz CT molecular complexity index is 317. The Balaban J connectivity index is 2.23. The average Bonchev–Trinajstić information content (AvgIpc) is 2.54. The van der Waals surface area contributed by atoms with Crippen LogP contribution in [0.3, 0.4) is 0 Å². The lowest BCUT2D eigenvalue weighted by Crippen LogP contribution is -2.36. The van der Waals surface area contributed by atoms with Gasteiger partial charge in [-0.2, -0.15) is 0 Å². The molecule has 0 spiro atoms. The molecule has 0 aromatic carbocycles. The molecule has 4 nitrogen and oxygen atoms in total. The summed E-state index contributed by atoms with van der Waals surface area (Å²) in [6, 6.07) is 0.512. The van der Waals surface area contributed by atoms with Crippen molar-refractivity contribution < 1.29 is 8.42 Å². The Kier molecular flexibility index (Phi) is 7.19. The van der Waals surface area contributed by atoms with Crippen molar-refractivity contribution in [3.63, 3.8) is 0 Å². The first-order valence-corrected chi connectivity index (χ1v) is 8.93. The van der Waals surface area contributed by atoms with E-state index in [0.29, 0.717) is 19.1 Å². The fourth-order valence-electron chi connectivity index (χ4n) is 2.68. The highest BCUT2D eigenvalue weighted by molar-refractivity contribution is 7.89. The van der Waals surface area contributed by atoms with E-state index >= 15 is 0 Å². The third kappa shape index (κ3) is 6.16. The van der Waals surface area contributed by atoms with Crippen LogP contribution in [-0.2, 0) is 10.0 Å². The quantitative estimate of drug-likeness (QED) is 0.698. The van der Waals surface area contributed by atoms with Crippen LogP contribution in [0.5, 0.6) is 0 Å². The van der Waals surface area contributed by atoms with Gasteiger partial charge in [0.25, 0.3) is 0 Å². The molecule has 1 fully saturated rings. The summed E-state index contributed by atoms with van der Waals surface area (Å²) in [7, 11) is -3.07. The molecule has 0 radical (unpaired) electrons. The highest BCUT2D eigenvalue weighted by atomic mass is 32.2. The molecule has 1 aliphatic carbocycles. The molecule has 108 valence electrons. The fourth-order valence-corrected chi connectivity index (χ4v) is 3.65. The Morgan fingerprint density at radius 1 is 1.11 bits per heavy atom. The van der Waals surface area contributed by atoms with Crippen molar-refractivity contribution in [1.82, 2.24) is 10.0 Å². The van der Waals surface area contributed by atoms with Gasteiger partial charge in [0.15, 0.2) is 0 Å². The van der Waals surface area contributed by atoms with Crippen molar-refractivity contribution in [3.8, 4) is 0 Å². The van der Waals surface area contributed by atoms with E-state index in [1.54, 1.807) is 6.92 Å². The van der Waals surface area contributed by atoms with Gasteiger partial charge in [0.1, 0.15) is 0 Å². The summed E-state index contributed by atoms with van der Waals surface area (Å²) in [6.45, 7) is 5.11. The van der Waals surface area contributed by atoms with Gasteiger partial charge in [-0.3, -0.25) is 0 Å². The predicted molar refractivity (Wildman–Crippen MR) is 76.1 cm³/mol. The monoisotopic (exact) mass is 276 g/mol. The maximum absolute atomic E-state index is 11.5. The van der Waals surface area contributed by atoms with Crippen LogP contribution in [0.1, 0.15) is 52.4 Å². The van der Waals surface area contributed by atoms with Gasteiger partial charge in [0.2, 0.25) is 10.0 Å². The summed E-state index contributed by atoms with van der Waals surface area (Å²) >= 11 is 0. The molecular formula is C13H28N2O2S. The van der Waals surface area contributed by atoms with E-state index in [0.717, 1.165) is 5.92 Å². The topological polar surface area (TPSA) is 58.2 Å². The molecule has 0 aromatic heterocycles. The van der Waals surface area contributed by atoms with Gasteiger partial charge in [0, 0.05) is 19.1 Å². The van der Waals surface area contributed by atoms with Crippen molar-refractivity contribution in [2.75, 3.05) is 18.8 Å². The second-order valence-corrected chi connectivity index (χ2v) is 7.18. The summed E-state index contributed by atoms with van der Waals surface area (Å²) in [5, 5.41) is 3.40. The normalized spacial score (nSPS) is 25.9. The third-order valence-electron chi connectivity index (χ3n) is 3.83. The number of hydrogen-bond acceptors (Lipinski definition) is 3. The maximum Gasteiger partial charge on any atom is 0.212 e. The van der Waals surface area contributed by atoms with E-state index < -0.39 is 10.0 Å². The van der Waals surface area contributed by atoms with E-state index in [1.165, 1.54) is 38.5 Å². The molecule has 0 bridgehead atoms. The summed E-state index contributed by atoms with van der Waals surface area (Å²) in [4.78, 5) is 0.